The molecule has 3 heterocycles. The Balaban J connectivity index is 1.70. The number of halogens is 1. The number of rotatable bonds is 5. The van der Waals surface area contributed by atoms with Gasteiger partial charge in [0.05, 0.1) is 30.6 Å². The van der Waals surface area contributed by atoms with Crippen molar-refractivity contribution in [2.24, 2.45) is 0 Å². The summed E-state index contributed by atoms with van der Waals surface area (Å²) in [6.45, 7) is 4.16. The summed E-state index contributed by atoms with van der Waals surface area (Å²) >= 11 is 12.2. The highest BCUT2D eigenvalue weighted by Gasteiger charge is 2.42. The van der Waals surface area contributed by atoms with Gasteiger partial charge >= 0.3 is 0 Å². The highest BCUT2D eigenvalue weighted by Crippen LogP contribution is 2.44. The molecule has 178 valence electrons. The number of phenols is 1. The first-order valence-electron chi connectivity index (χ1n) is 11.2. The third kappa shape index (κ3) is 4.11. The van der Waals surface area contributed by atoms with Crippen LogP contribution in [0.4, 0.5) is 5.69 Å². The molecular formula is C27H25ClN4O2S. The van der Waals surface area contributed by atoms with E-state index in [1.54, 1.807) is 25.4 Å². The second kappa shape index (κ2) is 9.24. The Kier molecular flexibility index (Phi) is 6.13. The van der Waals surface area contributed by atoms with Crippen LogP contribution in [0.2, 0.25) is 5.02 Å². The molecule has 0 radical (unpaired) electrons. The number of anilines is 1. The van der Waals surface area contributed by atoms with E-state index in [0.717, 1.165) is 39.8 Å². The van der Waals surface area contributed by atoms with Crippen LogP contribution in [0.15, 0.2) is 72.9 Å². The van der Waals surface area contributed by atoms with E-state index in [1.807, 2.05) is 48.5 Å². The zero-order chi connectivity index (χ0) is 24.7. The number of hydrogen-bond acceptors (Lipinski definition) is 4. The lowest BCUT2D eigenvalue weighted by Gasteiger charge is -2.28. The van der Waals surface area contributed by atoms with Crippen molar-refractivity contribution in [3.8, 4) is 17.2 Å². The lowest BCUT2D eigenvalue weighted by Crippen LogP contribution is -2.29. The molecule has 2 N–H and O–H groups in total. The fraction of sp³-hybridized carbons (Fsp3) is 0.185. The Morgan fingerprint density at radius 3 is 2.51 bits per heavy atom. The smallest absolute Gasteiger partial charge is 0.174 e. The summed E-state index contributed by atoms with van der Waals surface area (Å²) in [4.78, 5) is 6.73. The van der Waals surface area contributed by atoms with E-state index in [1.165, 1.54) is 0 Å². The number of aromatic hydroxyl groups is 1. The Labute approximate surface area is 214 Å². The second-order valence-corrected chi connectivity index (χ2v) is 9.31. The van der Waals surface area contributed by atoms with Gasteiger partial charge in [0, 0.05) is 28.3 Å². The number of thiocarbonyl (C=S) groups is 1. The van der Waals surface area contributed by atoms with Crippen molar-refractivity contribution in [3.63, 3.8) is 0 Å². The minimum Gasteiger partial charge on any atom is -0.508 e. The predicted octanol–water partition coefficient (Wildman–Crippen LogP) is 6.03. The monoisotopic (exact) mass is 504 g/mol. The van der Waals surface area contributed by atoms with Gasteiger partial charge in [0.2, 0.25) is 0 Å². The summed E-state index contributed by atoms with van der Waals surface area (Å²) in [5.74, 6) is 0.940. The molecule has 35 heavy (non-hydrogen) atoms. The molecule has 4 aromatic rings. The molecule has 0 aliphatic carbocycles. The number of phenolic OH excluding ortho intramolecular Hbond substituents is 1. The quantitative estimate of drug-likeness (QED) is 0.323. The van der Waals surface area contributed by atoms with Gasteiger partial charge in [-0.05, 0) is 92.3 Å². The normalized spacial score (nSPS) is 17.5. The zero-order valence-corrected chi connectivity index (χ0v) is 21.1. The van der Waals surface area contributed by atoms with Gasteiger partial charge in [0.15, 0.2) is 5.11 Å². The van der Waals surface area contributed by atoms with Gasteiger partial charge in [-0.1, -0.05) is 17.7 Å². The van der Waals surface area contributed by atoms with E-state index in [0.29, 0.717) is 10.1 Å². The molecule has 8 heteroatoms. The summed E-state index contributed by atoms with van der Waals surface area (Å²) in [6, 6.07) is 20.4. The fourth-order valence-electron chi connectivity index (χ4n) is 4.86. The van der Waals surface area contributed by atoms with Crippen molar-refractivity contribution in [1.82, 2.24) is 14.9 Å². The van der Waals surface area contributed by atoms with E-state index >= 15 is 0 Å². The van der Waals surface area contributed by atoms with Crippen molar-refractivity contribution < 1.29 is 9.84 Å². The van der Waals surface area contributed by atoms with Crippen molar-refractivity contribution in [1.29, 1.82) is 0 Å². The number of aryl methyl sites for hydroxylation is 1. The van der Waals surface area contributed by atoms with Crippen LogP contribution in [-0.4, -0.2) is 26.9 Å². The first-order valence-corrected chi connectivity index (χ1v) is 12.0. The van der Waals surface area contributed by atoms with Gasteiger partial charge < -0.3 is 24.6 Å². The maximum atomic E-state index is 9.86. The van der Waals surface area contributed by atoms with Crippen LogP contribution in [-0.2, 0) is 0 Å². The Hall–Kier alpha value is -3.55. The molecule has 0 unspecified atom stereocenters. The molecule has 0 bridgehead atoms. The van der Waals surface area contributed by atoms with Gasteiger partial charge in [-0.15, -0.1) is 0 Å². The molecular weight excluding hydrogens is 480 g/mol. The molecule has 2 aromatic heterocycles. The minimum absolute atomic E-state index is 0.173. The number of ether oxygens (including phenoxy) is 1. The first kappa shape index (κ1) is 23.2. The molecule has 0 amide bonds. The standard InChI is InChI=1S/C27H25ClN4O2S/c1-16-14-21(17(2)31(16)23-15-18(28)7-12-24(23)34-3)26-25(22-6-4-5-13-29-22)30-27(35)32(26)19-8-10-20(33)11-9-19/h4-15,25-26,33H,1-3H3,(H,30,35)/t25-,26+/m0/s1. The topological polar surface area (TPSA) is 62.5 Å². The summed E-state index contributed by atoms with van der Waals surface area (Å²) in [6.07, 6.45) is 1.79. The average Bonchev–Trinajstić information content (AvgIpc) is 3.35. The molecule has 1 saturated heterocycles. The van der Waals surface area contributed by atoms with Crippen LogP contribution in [0, 0.1) is 13.8 Å². The third-order valence-electron chi connectivity index (χ3n) is 6.40. The fourth-order valence-corrected chi connectivity index (χ4v) is 5.37. The van der Waals surface area contributed by atoms with Crippen LogP contribution < -0.4 is 15.0 Å². The lowest BCUT2D eigenvalue weighted by molar-refractivity contribution is 0.412. The summed E-state index contributed by atoms with van der Waals surface area (Å²) in [5, 5.41) is 14.6. The number of aromatic nitrogens is 2. The number of pyridine rings is 1. The zero-order valence-electron chi connectivity index (χ0n) is 19.6. The molecule has 5 rings (SSSR count). The van der Waals surface area contributed by atoms with Gasteiger partial charge in [-0.2, -0.15) is 0 Å². The van der Waals surface area contributed by atoms with Crippen molar-refractivity contribution in [3.05, 3.63) is 101 Å². The molecule has 0 saturated carbocycles. The maximum Gasteiger partial charge on any atom is 0.174 e. The minimum atomic E-state index is -0.174. The Morgan fingerprint density at radius 1 is 1.06 bits per heavy atom. The van der Waals surface area contributed by atoms with E-state index < -0.39 is 0 Å². The van der Waals surface area contributed by atoms with Gasteiger partial charge in [-0.25, -0.2) is 0 Å². The van der Waals surface area contributed by atoms with Gasteiger partial charge in [-0.3, -0.25) is 4.98 Å². The number of nitrogens with zero attached hydrogens (tertiary/aromatic N) is 3. The van der Waals surface area contributed by atoms with E-state index in [9.17, 15) is 5.11 Å². The van der Waals surface area contributed by atoms with Crippen LogP contribution in [0.5, 0.6) is 11.5 Å². The SMILES string of the molecule is COc1ccc(Cl)cc1-n1c(C)cc([C@@H]2[C@H](c3ccccn3)NC(=S)N2c2ccc(O)cc2)c1C. The summed E-state index contributed by atoms with van der Waals surface area (Å²) < 4.78 is 7.81. The van der Waals surface area contributed by atoms with Crippen LogP contribution in [0.25, 0.3) is 5.69 Å². The average molecular weight is 505 g/mol. The van der Waals surface area contributed by atoms with Crippen molar-refractivity contribution >= 4 is 34.6 Å². The van der Waals surface area contributed by atoms with E-state index in [4.69, 9.17) is 28.6 Å². The molecule has 0 spiro atoms. The predicted molar refractivity (Wildman–Crippen MR) is 143 cm³/mol. The summed E-state index contributed by atoms with van der Waals surface area (Å²) in [5.41, 5.74) is 5.84. The van der Waals surface area contributed by atoms with Crippen molar-refractivity contribution in [2.45, 2.75) is 25.9 Å². The lowest BCUT2D eigenvalue weighted by atomic mass is 9.96. The molecule has 1 aliphatic heterocycles. The first-order chi connectivity index (χ1) is 16.9. The Morgan fingerprint density at radius 2 is 1.83 bits per heavy atom. The number of benzene rings is 2. The maximum absolute atomic E-state index is 9.86. The van der Waals surface area contributed by atoms with Crippen molar-refractivity contribution in [2.75, 3.05) is 12.0 Å². The molecule has 1 aliphatic rings. The number of hydrogen-bond donors (Lipinski definition) is 2. The molecule has 2 atom stereocenters. The second-order valence-electron chi connectivity index (χ2n) is 8.49. The Bertz CT molecular complexity index is 1390. The van der Waals surface area contributed by atoms with Crippen LogP contribution in [0.1, 0.15) is 34.7 Å². The number of nitrogens with one attached hydrogen (secondary N) is 1. The third-order valence-corrected chi connectivity index (χ3v) is 6.95. The van der Waals surface area contributed by atoms with Crippen LogP contribution in [0.3, 0.4) is 0 Å². The summed E-state index contributed by atoms with van der Waals surface area (Å²) in [7, 11) is 1.66. The van der Waals surface area contributed by atoms with E-state index in [2.05, 4.69) is 39.7 Å². The molecule has 1 fully saturated rings. The van der Waals surface area contributed by atoms with Gasteiger partial charge in [0.25, 0.3) is 0 Å². The number of methoxy groups -OCH3 is 1. The van der Waals surface area contributed by atoms with Crippen LogP contribution >= 0.6 is 23.8 Å². The largest absolute Gasteiger partial charge is 0.508 e. The van der Waals surface area contributed by atoms with E-state index in [-0.39, 0.29) is 17.8 Å². The highest BCUT2D eigenvalue weighted by molar-refractivity contribution is 7.80. The molecule has 6 nitrogen and oxygen atoms in total. The highest BCUT2D eigenvalue weighted by atomic mass is 35.5. The van der Waals surface area contributed by atoms with Gasteiger partial charge in [0.1, 0.15) is 11.5 Å². The molecule has 2 aromatic carbocycles.